The minimum absolute atomic E-state index is 0.0235. The van der Waals surface area contributed by atoms with Crippen LogP contribution in [-0.4, -0.2) is 28.0 Å². The van der Waals surface area contributed by atoms with Gasteiger partial charge in [0.1, 0.15) is 5.82 Å². The summed E-state index contributed by atoms with van der Waals surface area (Å²) in [6, 6.07) is 10.6. The molecule has 21 heavy (non-hydrogen) atoms. The van der Waals surface area contributed by atoms with Gasteiger partial charge >= 0.3 is 0 Å². The molecule has 2 aromatic rings. The SMILES string of the molecule is Cc1nn(-c2ccccc2)c(N(C)C(C)C2CC2)c1CO. The van der Waals surface area contributed by atoms with Crippen LogP contribution in [0.2, 0.25) is 0 Å². The van der Waals surface area contributed by atoms with Crippen molar-refractivity contribution in [2.75, 3.05) is 11.9 Å². The molecule has 0 bridgehead atoms. The Morgan fingerprint density at radius 3 is 2.57 bits per heavy atom. The number of hydrogen-bond donors (Lipinski definition) is 1. The maximum absolute atomic E-state index is 9.76. The number of benzene rings is 1. The fourth-order valence-corrected chi connectivity index (χ4v) is 2.93. The Balaban J connectivity index is 2.08. The minimum Gasteiger partial charge on any atom is -0.391 e. The van der Waals surface area contributed by atoms with Crippen LogP contribution >= 0.6 is 0 Å². The number of hydrogen-bond acceptors (Lipinski definition) is 3. The summed E-state index contributed by atoms with van der Waals surface area (Å²) in [4.78, 5) is 2.27. The third-order valence-electron chi connectivity index (χ3n) is 4.57. The lowest BCUT2D eigenvalue weighted by atomic mass is 10.1. The third-order valence-corrected chi connectivity index (χ3v) is 4.57. The predicted molar refractivity (Wildman–Crippen MR) is 84.8 cm³/mol. The molecule has 1 heterocycles. The normalized spacial score (nSPS) is 16.0. The smallest absolute Gasteiger partial charge is 0.138 e. The van der Waals surface area contributed by atoms with Gasteiger partial charge in [-0.25, -0.2) is 4.68 Å². The van der Waals surface area contributed by atoms with Crippen LogP contribution in [0, 0.1) is 12.8 Å². The third kappa shape index (κ3) is 2.56. The summed E-state index contributed by atoms with van der Waals surface area (Å²) in [5, 5.41) is 14.4. The van der Waals surface area contributed by atoms with Crippen LogP contribution in [0.3, 0.4) is 0 Å². The van der Waals surface area contributed by atoms with Crippen molar-refractivity contribution in [2.45, 2.75) is 39.3 Å². The van der Waals surface area contributed by atoms with Crippen molar-refractivity contribution in [1.29, 1.82) is 0 Å². The Hall–Kier alpha value is -1.81. The zero-order valence-electron chi connectivity index (χ0n) is 13.0. The van der Waals surface area contributed by atoms with E-state index in [1.54, 1.807) is 0 Å². The Bertz CT molecular complexity index is 616. The highest BCUT2D eigenvalue weighted by molar-refractivity contribution is 5.55. The Morgan fingerprint density at radius 2 is 2.00 bits per heavy atom. The first-order valence-corrected chi connectivity index (χ1v) is 7.61. The molecular weight excluding hydrogens is 262 g/mol. The van der Waals surface area contributed by atoms with E-state index in [1.807, 2.05) is 41.9 Å². The number of nitrogens with zero attached hydrogens (tertiary/aromatic N) is 3. The maximum atomic E-state index is 9.76. The van der Waals surface area contributed by atoms with E-state index in [9.17, 15) is 5.11 Å². The molecule has 0 aliphatic heterocycles. The second-order valence-corrected chi connectivity index (χ2v) is 5.98. The number of para-hydroxylation sites is 1. The molecular formula is C17H23N3O. The molecule has 1 N–H and O–H groups in total. The summed E-state index contributed by atoms with van der Waals surface area (Å²) in [6.07, 6.45) is 2.61. The van der Waals surface area contributed by atoms with Crippen molar-refractivity contribution in [3.63, 3.8) is 0 Å². The molecule has 1 atom stereocenters. The summed E-state index contributed by atoms with van der Waals surface area (Å²) in [6.45, 7) is 4.25. The van der Waals surface area contributed by atoms with Crippen LogP contribution < -0.4 is 4.90 Å². The highest BCUT2D eigenvalue weighted by Gasteiger charge is 2.33. The molecule has 1 aromatic carbocycles. The first-order valence-electron chi connectivity index (χ1n) is 7.61. The summed E-state index contributed by atoms with van der Waals surface area (Å²) in [5.41, 5.74) is 2.85. The van der Waals surface area contributed by atoms with Gasteiger partial charge in [0, 0.05) is 18.7 Å². The highest BCUT2D eigenvalue weighted by Crippen LogP contribution is 2.38. The van der Waals surface area contributed by atoms with E-state index >= 15 is 0 Å². The average Bonchev–Trinajstić information content (AvgIpc) is 3.30. The standard InChI is InChI=1S/C17H23N3O/c1-12-16(11-21)17(19(3)13(2)14-9-10-14)20(18-12)15-7-5-4-6-8-15/h4-8,13-14,21H,9-11H2,1-3H3. The van der Waals surface area contributed by atoms with Gasteiger partial charge in [-0.15, -0.1) is 0 Å². The van der Waals surface area contributed by atoms with Crippen molar-refractivity contribution in [2.24, 2.45) is 5.92 Å². The lowest BCUT2D eigenvalue weighted by Gasteiger charge is -2.28. The van der Waals surface area contributed by atoms with Crippen molar-refractivity contribution in [1.82, 2.24) is 9.78 Å². The zero-order chi connectivity index (χ0) is 15.0. The average molecular weight is 285 g/mol. The zero-order valence-corrected chi connectivity index (χ0v) is 13.0. The molecule has 112 valence electrons. The molecule has 1 aromatic heterocycles. The first kappa shape index (κ1) is 14.1. The molecule has 0 saturated heterocycles. The van der Waals surface area contributed by atoms with Gasteiger partial charge in [0.2, 0.25) is 0 Å². The monoisotopic (exact) mass is 285 g/mol. The van der Waals surface area contributed by atoms with Crippen molar-refractivity contribution < 1.29 is 5.11 Å². The molecule has 0 amide bonds. The van der Waals surface area contributed by atoms with Gasteiger partial charge in [-0.1, -0.05) is 18.2 Å². The molecule has 1 unspecified atom stereocenters. The Morgan fingerprint density at radius 1 is 1.33 bits per heavy atom. The van der Waals surface area contributed by atoms with Crippen LogP contribution in [0.25, 0.3) is 5.69 Å². The van der Waals surface area contributed by atoms with Gasteiger partial charge in [-0.2, -0.15) is 5.10 Å². The number of aliphatic hydroxyl groups excluding tert-OH is 1. The largest absolute Gasteiger partial charge is 0.391 e. The molecule has 4 nitrogen and oxygen atoms in total. The van der Waals surface area contributed by atoms with E-state index in [4.69, 9.17) is 0 Å². The van der Waals surface area contributed by atoms with Gasteiger partial charge in [0.05, 0.1) is 18.0 Å². The van der Waals surface area contributed by atoms with E-state index in [0.29, 0.717) is 6.04 Å². The minimum atomic E-state index is 0.0235. The van der Waals surface area contributed by atoms with Crippen molar-refractivity contribution >= 4 is 5.82 Å². The predicted octanol–water partition coefficient (Wildman–Crippen LogP) is 2.91. The second-order valence-electron chi connectivity index (χ2n) is 5.98. The van der Waals surface area contributed by atoms with Crippen molar-refractivity contribution in [3.8, 4) is 5.69 Å². The van der Waals surface area contributed by atoms with Crippen molar-refractivity contribution in [3.05, 3.63) is 41.6 Å². The summed E-state index contributed by atoms with van der Waals surface area (Å²) < 4.78 is 1.96. The van der Waals surface area contributed by atoms with E-state index in [0.717, 1.165) is 28.7 Å². The van der Waals surface area contributed by atoms with Crippen LogP contribution in [0.15, 0.2) is 30.3 Å². The van der Waals surface area contributed by atoms with E-state index in [2.05, 4.69) is 24.0 Å². The van der Waals surface area contributed by atoms with Crippen LogP contribution in [0.5, 0.6) is 0 Å². The molecule has 1 saturated carbocycles. The number of aliphatic hydroxyl groups is 1. The van der Waals surface area contributed by atoms with E-state index in [-0.39, 0.29) is 6.61 Å². The van der Waals surface area contributed by atoms with Crippen LogP contribution in [0.4, 0.5) is 5.82 Å². The number of anilines is 1. The first-order chi connectivity index (χ1) is 10.1. The molecule has 1 aliphatic rings. The maximum Gasteiger partial charge on any atom is 0.138 e. The lowest BCUT2D eigenvalue weighted by Crippen LogP contribution is -2.33. The topological polar surface area (TPSA) is 41.3 Å². The molecule has 4 heteroatoms. The number of aromatic nitrogens is 2. The van der Waals surface area contributed by atoms with Crippen LogP contribution in [-0.2, 0) is 6.61 Å². The van der Waals surface area contributed by atoms with Crippen LogP contribution in [0.1, 0.15) is 31.0 Å². The van der Waals surface area contributed by atoms with Gasteiger partial charge in [0.15, 0.2) is 0 Å². The Labute approximate surface area is 126 Å². The highest BCUT2D eigenvalue weighted by atomic mass is 16.3. The molecule has 1 fully saturated rings. The number of rotatable bonds is 5. The van der Waals surface area contributed by atoms with Gasteiger partial charge in [-0.05, 0) is 44.7 Å². The van der Waals surface area contributed by atoms with E-state index in [1.165, 1.54) is 12.8 Å². The second kappa shape index (κ2) is 5.53. The van der Waals surface area contributed by atoms with Gasteiger partial charge < -0.3 is 10.0 Å². The van der Waals surface area contributed by atoms with Gasteiger partial charge in [-0.3, -0.25) is 0 Å². The quantitative estimate of drug-likeness (QED) is 0.918. The fraction of sp³-hybridized carbons (Fsp3) is 0.471. The summed E-state index contributed by atoms with van der Waals surface area (Å²) >= 11 is 0. The van der Waals surface area contributed by atoms with Gasteiger partial charge in [0.25, 0.3) is 0 Å². The molecule has 0 spiro atoms. The summed E-state index contributed by atoms with van der Waals surface area (Å²) in [7, 11) is 2.11. The fourth-order valence-electron chi connectivity index (χ4n) is 2.93. The molecule has 3 rings (SSSR count). The van der Waals surface area contributed by atoms with E-state index < -0.39 is 0 Å². The molecule has 0 radical (unpaired) electrons. The lowest BCUT2D eigenvalue weighted by molar-refractivity contribution is 0.281. The Kier molecular flexibility index (Phi) is 3.72. The molecule has 1 aliphatic carbocycles. The number of aryl methyl sites for hydroxylation is 1. The summed E-state index contributed by atoms with van der Waals surface area (Å²) in [5.74, 6) is 1.78.